The molecule has 248 valence electrons. The number of rotatable bonds is 17. The summed E-state index contributed by atoms with van der Waals surface area (Å²) in [6.07, 6.45) is 6.79. The van der Waals surface area contributed by atoms with E-state index in [1.807, 2.05) is 48.5 Å². The van der Waals surface area contributed by atoms with Crippen molar-refractivity contribution in [3.05, 3.63) is 97.1 Å². The van der Waals surface area contributed by atoms with Crippen LogP contribution in [0.4, 0.5) is 0 Å². The highest BCUT2D eigenvalue weighted by molar-refractivity contribution is 5.92. The largest absolute Gasteiger partial charge is 0.478 e. The van der Waals surface area contributed by atoms with E-state index >= 15 is 0 Å². The summed E-state index contributed by atoms with van der Waals surface area (Å²) in [4.78, 5) is 44.7. The summed E-state index contributed by atoms with van der Waals surface area (Å²) in [6.45, 7) is 16.2. The Morgan fingerprint density at radius 2 is 1.13 bits per heavy atom. The Morgan fingerprint density at radius 3 is 1.53 bits per heavy atom. The van der Waals surface area contributed by atoms with Crippen molar-refractivity contribution < 1.29 is 24.3 Å². The summed E-state index contributed by atoms with van der Waals surface area (Å²) in [5, 5.41) is 16.1. The predicted octanol–water partition coefficient (Wildman–Crippen LogP) is 4.82. The topological polar surface area (TPSA) is 151 Å². The Hall–Kier alpha value is -4.24. The molecule has 0 bridgehead atoms. The van der Waals surface area contributed by atoms with Gasteiger partial charge in [-0.05, 0) is 67.6 Å². The van der Waals surface area contributed by atoms with Gasteiger partial charge >= 0.3 is 5.97 Å². The van der Waals surface area contributed by atoms with Gasteiger partial charge in [0.2, 0.25) is 17.7 Å². The highest BCUT2D eigenvalue weighted by Gasteiger charge is 2.19. The van der Waals surface area contributed by atoms with Gasteiger partial charge < -0.3 is 26.8 Å². The highest BCUT2D eigenvalue weighted by Crippen LogP contribution is 2.07. The molecule has 0 saturated carbocycles. The number of amides is 3. The van der Waals surface area contributed by atoms with Crippen molar-refractivity contribution in [1.29, 1.82) is 0 Å². The lowest BCUT2D eigenvalue weighted by molar-refractivity contribution is -0.131. The molecule has 2 rings (SSSR count). The minimum absolute atomic E-state index is 0.0356. The molecule has 9 nitrogen and oxygen atoms in total. The molecule has 0 saturated heterocycles. The molecule has 2 atom stereocenters. The van der Waals surface area contributed by atoms with Gasteiger partial charge in [-0.15, -0.1) is 0 Å². The Kier molecular flexibility index (Phi) is 22.8. The summed E-state index contributed by atoms with van der Waals surface area (Å²) in [6, 6.07) is 19.1. The number of carbonyl (C=O) groups excluding carboxylic acids is 3. The second kappa shape index (κ2) is 25.1. The molecule has 0 spiro atoms. The zero-order valence-electron chi connectivity index (χ0n) is 27.5. The van der Waals surface area contributed by atoms with Crippen LogP contribution in [0, 0.1) is 11.8 Å². The molecule has 0 radical (unpaired) electrons. The van der Waals surface area contributed by atoms with Crippen LogP contribution in [0.3, 0.4) is 0 Å². The molecule has 9 heteroatoms. The summed E-state index contributed by atoms with van der Waals surface area (Å²) >= 11 is 0. The van der Waals surface area contributed by atoms with Gasteiger partial charge in [0.1, 0.15) is 6.04 Å². The first-order chi connectivity index (χ1) is 21.4. The fourth-order valence-electron chi connectivity index (χ4n) is 3.78. The third kappa shape index (κ3) is 22.9. The number of carboxylic acid groups (broad SMARTS) is 1. The van der Waals surface area contributed by atoms with Crippen LogP contribution >= 0.6 is 0 Å². The zero-order chi connectivity index (χ0) is 34.0. The number of nitrogens with two attached hydrogens (primary N) is 1. The van der Waals surface area contributed by atoms with E-state index in [2.05, 4.69) is 68.9 Å². The summed E-state index contributed by atoms with van der Waals surface area (Å²) in [7, 11) is 0. The lowest BCUT2D eigenvalue weighted by Crippen LogP contribution is -2.46. The minimum Gasteiger partial charge on any atom is -0.478 e. The van der Waals surface area contributed by atoms with Crippen molar-refractivity contribution >= 4 is 23.7 Å². The van der Waals surface area contributed by atoms with Crippen molar-refractivity contribution in [2.24, 2.45) is 17.6 Å². The predicted molar refractivity (Wildman–Crippen MR) is 182 cm³/mol. The minimum atomic E-state index is -0.981. The third-order valence-electron chi connectivity index (χ3n) is 6.52. The first kappa shape index (κ1) is 40.8. The first-order valence-electron chi connectivity index (χ1n) is 15.6. The van der Waals surface area contributed by atoms with Crippen LogP contribution in [0.15, 0.2) is 86.0 Å². The molecule has 45 heavy (non-hydrogen) atoms. The number of hydrogen-bond donors (Lipinski definition) is 5. The average molecular weight is 623 g/mol. The van der Waals surface area contributed by atoms with E-state index in [-0.39, 0.29) is 17.7 Å². The maximum Gasteiger partial charge on any atom is 0.327 e. The molecule has 2 aromatic rings. The molecule has 6 N–H and O–H groups in total. The van der Waals surface area contributed by atoms with Crippen molar-refractivity contribution in [3.63, 3.8) is 0 Å². The van der Waals surface area contributed by atoms with Crippen LogP contribution in [0.1, 0.15) is 64.5 Å². The van der Waals surface area contributed by atoms with E-state index in [0.717, 1.165) is 43.9 Å². The number of carboxylic acids is 1. The van der Waals surface area contributed by atoms with Crippen LogP contribution in [0.2, 0.25) is 0 Å². The number of carbonyl (C=O) groups is 4. The molecule has 0 fully saturated rings. The first-order valence-corrected chi connectivity index (χ1v) is 15.6. The molecule has 3 amide bonds. The SMILES string of the molecule is C=CC(=O)N[C@@H](CCc1ccccc1)C(=O)NCCC(C)C.C=CC(=O)O.CC(C)CCNC(=O)[C@@H](N)CCc1ccccc1. The zero-order valence-corrected chi connectivity index (χ0v) is 27.5. The van der Waals surface area contributed by atoms with E-state index in [9.17, 15) is 19.2 Å². The van der Waals surface area contributed by atoms with Crippen molar-refractivity contribution in [2.75, 3.05) is 13.1 Å². The number of nitrogens with one attached hydrogen (secondary N) is 3. The molecule has 0 aromatic heterocycles. The number of hydrogen-bond acceptors (Lipinski definition) is 5. The molecule has 0 aliphatic heterocycles. The number of aryl methyl sites for hydroxylation is 2. The van der Waals surface area contributed by atoms with Crippen molar-refractivity contribution in [2.45, 2.75) is 78.3 Å². The van der Waals surface area contributed by atoms with Gasteiger partial charge in [0.15, 0.2) is 0 Å². The molecule has 0 heterocycles. The lowest BCUT2D eigenvalue weighted by Gasteiger charge is -2.18. The fraction of sp³-hybridized carbons (Fsp3) is 0.444. The Bertz CT molecular complexity index is 1140. The molecular weight excluding hydrogens is 568 g/mol. The number of aliphatic carboxylic acids is 1. The van der Waals surface area contributed by atoms with Gasteiger partial charge in [-0.1, -0.05) is 102 Å². The van der Waals surface area contributed by atoms with Crippen molar-refractivity contribution in [3.8, 4) is 0 Å². The quantitative estimate of drug-likeness (QED) is 0.160. The monoisotopic (exact) mass is 622 g/mol. The van der Waals surface area contributed by atoms with E-state index < -0.39 is 18.1 Å². The van der Waals surface area contributed by atoms with Gasteiger partial charge in [0.25, 0.3) is 0 Å². The van der Waals surface area contributed by atoms with E-state index in [4.69, 9.17) is 10.8 Å². The third-order valence-corrected chi connectivity index (χ3v) is 6.52. The van der Waals surface area contributed by atoms with Crippen molar-refractivity contribution in [1.82, 2.24) is 16.0 Å². The smallest absolute Gasteiger partial charge is 0.327 e. The normalized spacial score (nSPS) is 11.4. The standard InChI is InChI=1S/C18H26N2O2.C15H24N2O.C3H4O2/c1-4-17(21)20-16(18(22)19-13-12-14(2)3)11-10-15-8-6-5-7-9-15;1-12(2)10-11-17-15(18)14(16)9-8-13-6-4-3-5-7-13;1-2-3(4)5/h4-9,14,16H,1,10-13H2,2-3H3,(H,19,22)(H,20,21);3-7,12,14H,8-11,16H2,1-2H3,(H,17,18);2H,1H2,(H,4,5)/t16-;14-;/m00./s1. The summed E-state index contributed by atoms with van der Waals surface area (Å²) in [5.41, 5.74) is 8.24. The van der Waals surface area contributed by atoms with E-state index in [1.165, 1.54) is 11.6 Å². The lowest BCUT2D eigenvalue weighted by atomic mass is 10.0. The highest BCUT2D eigenvalue weighted by atomic mass is 16.4. The second-order valence-electron chi connectivity index (χ2n) is 11.4. The molecule has 0 aliphatic rings. The molecule has 0 unspecified atom stereocenters. The van der Waals surface area contributed by atoms with Crippen LogP contribution < -0.4 is 21.7 Å². The van der Waals surface area contributed by atoms with Crippen LogP contribution in [-0.2, 0) is 32.0 Å². The van der Waals surface area contributed by atoms with Gasteiger partial charge in [-0.2, -0.15) is 0 Å². The Morgan fingerprint density at radius 1 is 0.711 bits per heavy atom. The van der Waals surface area contributed by atoms with Gasteiger partial charge in [-0.25, -0.2) is 4.79 Å². The molecule has 2 aromatic carbocycles. The van der Waals surface area contributed by atoms with Gasteiger partial charge in [0.05, 0.1) is 6.04 Å². The van der Waals surface area contributed by atoms with Gasteiger partial charge in [-0.3, -0.25) is 14.4 Å². The molecular formula is C36H54N4O5. The second-order valence-corrected chi connectivity index (χ2v) is 11.4. The van der Waals surface area contributed by atoms with Crippen LogP contribution in [0.25, 0.3) is 0 Å². The maximum absolute atomic E-state index is 12.2. The summed E-state index contributed by atoms with van der Waals surface area (Å²) < 4.78 is 0. The van der Waals surface area contributed by atoms with Gasteiger partial charge in [0, 0.05) is 19.2 Å². The maximum atomic E-state index is 12.2. The summed E-state index contributed by atoms with van der Waals surface area (Å²) in [5.74, 6) is -0.336. The Labute approximate surface area is 269 Å². The van der Waals surface area contributed by atoms with E-state index in [0.29, 0.717) is 31.2 Å². The number of benzene rings is 2. The van der Waals surface area contributed by atoms with Crippen LogP contribution in [-0.4, -0.2) is 54.0 Å². The molecule has 0 aliphatic carbocycles. The average Bonchev–Trinajstić information content (AvgIpc) is 3.02. The fourth-order valence-corrected chi connectivity index (χ4v) is 3.78. The van der Waals surface area contributed by atoms with E-state index in [1.54, 1.807) is 0 Å². The Balaban J connectivity index is 0.000000758. The van der Waals surface area contributed by atoms with Crippen LogP contribution in [0.5, 0.6) is 0 Å².